The molecule has 3 atom stereocenters. The number of aliphatic hydroxyl groups is 3. The molecule has 0 saturated carbocycles. The topological polar surface area (TPSA) is 119 Å². The van der Waals surface area contributed by atoms with E-state index < -0.39 is 33.6 Å². The number of halogens is 2. The van der Waals surface area contributed by atoms with Crippen molar-refractivity contribution in [1.82, 2.24) is 9.62 Å². The van der Waals surface area contributed by atoms with Gasteiger partial charge in [0.1, 0.15) is 35.5 Å². The van der Waals surface area contributed by atoms with Gasteiger partial charge in [0, 0.05) is 6.42 Å². The number of rotatable bonds is 2. The van der Waals surface area contributed by atoms with Crippen LogP contribution in [0.3, 0.4) is 0 Å². The van der Waals surface area contributed by atoms with Crippen molar-refractivity contribution in [3.63, 3.8) is 0 Å². The molecule has 2 aliphatic rings. The maximum absolute atomic E-state index is 12.4. The molecular weight excluding hydrogens is 421 g/mol. The highest BCUT2D eigenvalue weighted by atomic mass is 32.2. The number of carbonyl (C=O) groups excluding carboxylic acids is 1. The molecule has 2 saturated heterocycles. The van der Waals surface area contributed by atoms with Crippen LogP contribution in [0.5, 0.6) is 5.75 Å². The second-order valence-corrected chi connectivity index (χ2v) is 8.76. The molecule has 1 aromatic rings. The molecule has 0 aliphatic carbocycles. The molecule has 2 aliphatic heterocycles. The Bertz CT molecular complexity index is 721. The Hall–Kier alpha value is -1.44. The van der Waals surface area contributed by atoms with Crippen LogP contribution >= 0.6 is 0 Å². The van der Waals surface area contributed by atoms with E-state index in [1.807, 2.05) is 23.8 Å². The van der Waals surface area contributed by atoms with E-state index in [-0.39, 0.29) is 13.0 Å². The molecule has 0 bridgehead atoms. The number of ether oxygens (including phenoxy) is 1. The van der Waals surface area contributed by atoms with Crippen LogP contribution < -0.4 is 9.46 Å². The summed E-state index contributed by atoms with van der Waals surface area (Å²) in [5.41, 5.74) is -1.25. The highest BCUT2D eigenvalue weighted by Gasteiger charge is 2.57. The van der Waals surface area contributed by atoms with E-state index in [0.717, 1.165) is 12.1 Å². The molecule has 0 spiro atoms. The lowest BCUT2D eigenvalue weighted by atomic mass is 9.82. The standard InChI is InChI=1S/C8H8O2.C6H11F2N.C4H8BNO4S/c1-7-2-4-8(5-3-7)10-6-9;1-9-4-2-3-6(7,8)5-9;1-2-3(7,8)4(5,9)6-11(2)10/h2-6H,1H3;2-5H2,1H3;2,6-9H,1H3. The molecule has 30 heavy (non-hydrogen) atoms. The third kappa shape index (κ3) is 7.67. The summed E-state index contributed by atoms with van der Waals surface area (Å²) in [7, 11) is 4.99. The van der Waals surface area contributed by atoms with Crippen molar-refractivity contribution < 1.29 is 37.8 Å². The van der Waals surface area contributed by atoms with Gasteiger partial charge < -0.3 is 25.0 Å². The molecule has 2 fully saturated rings. The van der Waals surface area contributed by atoms with Crippen LogP contribution in [0.1, 0.15) is 25.3 Å². The number of piperidine rings is 1. The van der Waals surface area contributed by atoms with Gasteiger partial charge in [0.05, 0.1) is 6.54 Å². The maximum Gasteiger partial charge on any atom is 0.298 e. The summed E-state index contributed by atoms with van der Waals surface area (Å²) in [6, 6.07) is 7.28. The number of likely N-dealkylation sites (tertiary alicyclic amines) is 1. The van der Waals surface area contributed by atoms with Crippen LogP contribution in [0, 0.1) is 6.92 Å². The van der Waals surface area contributed by atoms with E-state index in [1.165, 1.54) is 6.92 Å². The van der Waals surface area contributed by atoms with E-state index in [2.05, 4.69) is 4.74 Å². The van der Waals surface area contributed by atoms with Gasteiger partial charge >= 0.3 is 0 Å². The van der Waals surface area contributed by atoms with E-state index in [4.69, 9.17) is 23.2 Å². The van der Waals surface area contributed by atoms with Crippen molar-refractivity contribution in [3.05, 3.63) is 29.8 Å². The zero-order valence-corrected chi connectivity index (χ0v) is 17.9. The summed E-state index contributed by atoms with van der Waals surface area (Å²) in [5.74, 6) is -4.40. The molecule has 3 unspecified atom stereocenters. The van der Waals surface area contributed by atoms with Gasteiger partial charge in [0.2, 0.25) is 5.79 Å². The van der Waals surface area contributed by atoms with Crippen LogP contribution in [-0.2, 0) is 15.8 Å². The molecule has 2 heterocycles. The molecule has 0 aromatic heterocycles. The number of nitrogens with zero attached hydrogens (tertiary/aromatic N) is 1. The predicted molar refractivity (Wildman–Crippen MR) is 108 cm³/mol. The minimum absolute atomic E-state index is 0.0625. The Morgan fingerprint density at radius 2 is 1.87 bits per heavy atom. The Labute approximate surface area is 178 Å². The monoisotopic (exact) mass is 448 g/mol. The van der Waals surface area contributed by atoms with Crippen LogP contribution in [0.25, 0.3) is 0 Å². The molecule has 2 radical (unpaired) electrons. The molecule has 4 N–H and O–H groups in total. The normalized spacial score (nSPS) is 29.6. The number of aryl methyl sites for hydroxylation is 1. The van der Waals surface area contributed by atoms with E-state index in [1.54, 1.807) is 24.1 Å². The van der Waals surface area contributed by atoms with Crippen molar-refractivity contribution in [1.29, 1.82) is 0 Å². The second-order valence-electron chi connectivity index (χ2n) is 7.26. The fourth-order valence-corrected chi connectivity index (χ4v) is 3.72. The minimum Gasteiger partial charge on any atom is -0.429 e. The lowest BCUT2D eigenvalue weighted by Gasteiger charge is -2.30. The Balaban J connectivity index is 0.000000226. The zero-order chi connectivity index (χ0) is 23.2. The number of carbonyl (C=O) groups is 1. The van der Waals surface area contributed by atoms with Crippen molar-refractivity contribution in [2.75, 3.05) is 20.1 Å². The average molecular weight is 448 g/mol. The lowest BCUT2D eigenvalue weighted by Crippen LogP contribution is -2.59. The summed E-state index contributed by atoms with van der Waals surface area (Å²) in [5, 5.41) is 26.2. The molecule has 168 valence electrons. The third-order valence-corrected chi connectivity index (χ3v) is 5.98. The Kier molecular flexibility index (Phi) is 9.52. The minimum atomic E-state index is -2.56. The summed E-state index contributed by atoms with van der Waals surface area (Å²) in [6.45, 7) is 4.45. The maximum atomic E-state index is 12.4. The third-order valence-electron chi connectivity index (χ3n) is 4.49. The van der Waals surface area contributed by atoms with Gasteiger partial charge in [0.15, 0.2) is 0 Å². The van der Waals surface area contributed by atoms with Crippen molar-refractivity contribution in [2.45, 2.75) is 49.3 Å². The predicted octanol–water partition coefficient (Wildman–Crippen LogP) is 0.0148. The molecule has 8 nitrogen and oxygen atoms in total. The van der Waals surface area contributed by atoms with Crippen LogP contribution in [0.2, 0.25) is 0 Å². The number of nitrogens with one attached hydrogen (secondary N) is 1. The van der Waals surface area contributed by atoms with Crippen LogP contribution in [-0.4, -0.2) is 81.5 Å². The summed E-state index contributed by atoms with van der Waals surface area (Å²) in [4.78, 5) is 11.5. The molecule has 3 rings (SSSR count). The second kappa shape index (κ2) is 10.7. The molecule has 0 amide bonds. The van der Waals surface area contributed by atoms with Crippen molar-refractivity contribution in [2.24, 2.45) is 0 Å². The fourth-order valence-electron chi connectivity index (χ4n) is 2.61. The number of alkyl halides is 2. The molecular formula is C18H27BF2N2O6S. The average Bonchev–Trinajstić information content (AvgIpc) is 2.76. The van der Waals surface area contributed by atoms with Crippen LogP contribution in [0.15, 0.2) is 24.3 Å². The van der Waals surface area contributed by atoms with Gasteiger partial charge in [-0.1, -0.05) is 17.7 Å². The number of hydrogen-bond acceptors (Lipinski definition) is 7. The first-order chi connectivity index (χ1) is 13.7. The molecule has 12 heteroatoms. The van der Waals surface area contributed by atoms with Gasteiger partial charge in [-0.3, -0.25) is 4.79 Å². The lowest BCUT2D eigenvalue weighted by molar-refractivity contribution is -0.235. The zero-order valence-electron chi connectivity index (χ0n) is 17.0. The fraction of sp³-hybridized carbons (Fsp3) is 0.611. The summed E-state index contributed by atoms with van der Waals surface area (Å²) < 4.78 is 42.2. The molecule has 1 aromatic carbocycles. The van der Waals surface area contributed by atoms with Gasteiger partial charge in [-0.2, -0.15) is 0 Å². The summed E-state index contributed by atoms with van der Waals surface area (Å²) in [6.07, 6.45) is 0.695. The number of benzene rings is 1. The highest BCUT2D eigenvalue weighted by Crippen LogP contribution is 2.28. The first-order valence-electron chi connectivity index (χ1n) is 9.09. The summed E-state index contributed by atoms with van der Waals surface area (Å²) >= 11 is 0. The van der Waals surface area contributed by atoms with E-state index in [0.29, 0.717) is 18.6 Å². The Morgan fingerprint density at radius 1 is 1.30 bits per heavy atom. The van der Waals surface area contributed by atoms with Gasteiger partial charge in [-0.25, -0.2) is 17.7 Å². The Morgan fingerprint density at radius 3 is 2.17 bits per heavy atom. The van der Waals surface area contributed by atoms with Crippen LogP contribution in [0.4, 0.5) is 8.78 Å². The van der Waals surface area contributed by atoms with E-state index in [9.17, 15) is 17.8 Å². The SMILES string of the molecule is CN1CCCC(F)(F)C1.Cc1ccc(OC=O)cc1.[B]C1(O)NS(=O)C(C)C1(O)O. The van der Waals surface area contributed by atoms with E-state index >= 15 is 0 Å². The smallest absolute Gasteiger partial charge is 0.298 e. The number of hydrogen-bond donors (Lipinski definition) is 4. The quantitative estimate of drug-likeness (QED) is 0.286. The van der Waals surface area contributed by atoms with Gasteiger partial charge in [-0.05, 0) is 46.0 Å². The van der Waals surface area contributed by atoms with Gasteiger partial charge in [0.25, 0.3) is 12.4 Å². The van der Waals surface area contributed by atoms with Crippen molar-refractivity contribution in [3.8, 4) is 5.75 Å². The first-order valence-corrected chi connectivity index (χ1v) is 10.3. The largest absolute Gasteiger partial charge is 0.429 e. The first kappa shape index (κ1) is 26.6. The van der Waals surface area contributed by atoms with Crippen molar-refractivity contribution >= 4 is 25.3 Å². The highest BCUT2D eigenvalue weighted by molar-refractivity contribution is 7.84. The van der Waals surface area contributed by atoms with Gasteiger partial charge in [-0.15, -0.1) is 0 Å².